The van der Waals surface area contributed by atoms with Crippen LogP contribution >= 0.6 is 15.9 Å². The van der Waals surface area contributed by atoms with Gasteiger partial charge >= 0.3 is 0 Å². The van der Waals surface area contributed by atoms with Crippen molar-refractivity contribution in [3.63, 3.8) is 0 Å². The molecule has 4 nitrogen and oxygen atoms in total. The number of hydrogen-bond acceptors (Lipinski definition) is 3. The number of carbonyl (C=O) groups excluding carboxylic acids is 1. The second kappa shape index (κ2) is 6.24. The van der Waals surface area contributed by atoms with Gasteiger partial charge in [-0.3, -0.25) is 4.79 Å². The summed E-state index contributed by atoms with van der Waals surface area (Å²) in [6.07, 6.45) is 1.54. The van der Waals surface area contributed by atoms with Crippen LogP contribution in [0.3, 0.4) is 0 Å². The monoisotopic (exact) mass is 339 g/mol. The molecule has 0 aliphatic carbocycles. The minimum Gasteiger partial charge on any atom is -0.370 e. The summed E-state index contributed by atoms with van der Waals surface area (Å²) < 4.78 is 12.3. The Labute approximate surface area is 127 Å². The molecule has 0 aromatic heterocycles. The van der Waals surface area contributed by atoms with Gasteiger partial charge < -0.3 is 14.4 Å². The molecule has 5 heteroatoms. The maximum absolute atomic E-state index is 12.4. The van der Waals surface area contributed by atoms with Crippen LogP contribution in [0.5, 0.6) is 0 Å². The average Bonchev–Trinajstić information content (AvgIpc) is 3.01. The highest BCUT2D eigenvalue weighted by Gasteiger charge is 2.32. The number of benzene rings is 1. The normalized spacial score (nSPS) is 26.8. The van der Waals surface area contributed by atoms with E-state index in [0.29, 0.717) is 26.3 Å². The Morgan fingerprint density at radius 3 is 2.95 bits per heavy atom. The third kappa shape index (κ3) is 3.05. The highest BCUT2D eigenvalue weighted by molar-refractivity contribution is 9.10. The SMILES string of the molecule is O=C(C1CCCO1)N1CCOC(c2cccc(Br)c2)C1. The molecule has 108 valence electrons. The molecule has 20 heavy (non-hydrogen) atoms. The first-order chi connectivity index (χ1) is 9.74. The standard InChI is InChI=1S/C15H18BrNO3/c16-12-4-1-3-11(9-12)14-10-17(6-8-20-14)15(18)13-5-2-7-19-13/h1,3-4,9,13-14H,2,5-8,10H2. The van der Waals surface area contributed by atoms with Crippen LogP contribution in [0.4, 0.5) is 0 Å². The van der Waals surface area contributed by atoms with Gasteiger partial charge in [0.2, 0.25) is 0 Å². The summed E-state index contributed by atoms with van der Waals surface area (Å²) in [7, 11) is 0. The van der Waals surface area contributed by atoms with Crippen LogP contribution in [0.25, 0.3) is 0 Å². The molecule has 0 saturated carbocycles. The molecule has 0 radical (unpaired) electrons. The average molecular weight is 340 g/mol. The van der Waals surface area contributed by atoms with E-state index in [4.69, 9.17) is 9.47 Å². The zero-order chi connectivity index (χ0) is 13.9. The molecule has 1 aromatic rings. The number of rotatable bonds is 2. The van der Waals surface area contributed by atoms with E-state index in [0.717, 1.165) is 22.9 Å². The molecule has 2 unspecified atom stereocenters. The van der Waals surface area contributed by atoms with E-state index >= 15 is 0 Å². The van der Waals surface area contributed by atoms with Gasteiger partial charge in [0.25, 0.3) is 5.91 Å². The molecule has 1 aromatic carbocycles. The summed E-state index contributed by atoms with van der Waals surface area (Å²) >= 11 is 3.47. The van der Waals surface area contributed by atoms with Gasteiger partial charge in [-0.2, -0.15) is 0 Å². The van der Waals surface area contributed by atoms with Crippen LogP contribution in [0, 0.1) is 0 Å². The fraction of sp³-hybridized carbons (Fsp3) is 0.533. The fourth-order valence-electron chi connectivity index (χ4n) is 2.73. The Hall–Kier alpha value is -0.910. The first kappa shape index (κ1) is 14.0. The predicted octanol–water partition coefficient (Wildman–Crippen LogP) is 2.53. The molecule has 0 spiro atoms. The van der Waals surface area contributed by atoms with E-state index in [1.165, 1.54) is 0 Å². The molecule has 2 saturated heterocycles. The van der Waals surface area contributed by atoms with Gasteiger partial charge in [-0.1, -0.05) is 28.1 Å². The van der Waals surface area contributed by atoms with Gasteiger partial charge in [0.05, 0.1) is 13.2 Å². The summed E-state index contributed by atoms with van der Waals surface area (Å²) in [4.78, 5) is 14.3. The Morgan fingerprint density at radius 1 is 1.30 bits per heavy atom. The summed E-state index contributed by atoms with van der Waals surface area (Å²) in [6.45, 7) is 2.55. The second-order valence-electron chi connectivity index (χ2n) is 5.20. The van der Waals surface area contributed by atoms with Crippen LogP contribution in [-0.2, 0) is 14.3 Å². The van der Waals surface area contributed by atoms with Crippen molar-refractivity contribution >= 4 is 21.8 Å². The molecule has 0 bridgehead atoms. The van der Waals surface area contributed by atoms with E-state index in [-0.39, 0.29) is 18.1 Å². The second-order valence-corrected chi connectivity index (χ2v) is 6.12. The topological polar surface area (TPSA) is 38.8 Å². The lowest BCUT2D eigenvalue weighted by atomic mass is 10.1. The number of halogens is 1. The highest BCUT2D eigenvalue weighted by atomic mass is 79.9. The van der Waals surface area contributed by atoms with Gasteiger partial charge in [-0.05, 0) is 30.5 Å². The van der Waals surface area contributed by atoms with Crippen molar-refractivity contribution < 1.29 is 14.3 Å². The molecule has 2 atom stereocenters. The largest absolute Gasteiger partial charge is 0.370 e. The molecular weight excluding hydrogens is 322 g/mol. The minimum absolute atomic E-state index is 0.0494. The van der Waals surface area contributed by atoms with E-state index in [1.54, 1.807) is 0 Å². The minimum atomic E-state index is -0.240. The number of carbonyl (C=O) groups is 1. The summed E-state index contributed by atoms with van der Waals surface area (Å²) in [6, 6.07) is 8.06. The number of amides is 1. The van der Waals surface area contributed by atoms with Crippen molar-refractivity contribution in [2.24, 2.45) is 0 Å². The zero-order valence-corrected chi connectivity index (χ0v) is 12.8. The van der Waals surface area contributed by atoms with Crippen molar-refractivity contribution in [3.05, 3.63) is 34.3 Å². The van der Waals surface area contributed by atoms with Gasteiger partial charge in [0.1, 0.15) is 12.2 Å². The Balaban J connectivity index is 1.68. The van der Waals surface area contributed by atoms with Crippen LogP contribution in [0.15, 0.2) is 28.7 Å². The van der Waals surface area contributed by atoms with Gasteiger partial charge in [0.15, 0.2) is 0 Å². The van der Waals surface area contributed by atoms with Crippen molar-refractivity contribution in [1.82, 2.24) is 4.90 Å². The van der Waals surface area contributed by atoms with E-state index < -0.39 is 0 Å². The maximum atomic E-state index is 12.4. The summed E-state index contributed by atoms with van der Waals surface area (Å²) in [5.74, 6) is 0.116. The van der Waals surface area contributed by atoms with Gasteiger partial charge in [0, 0.05) is 17.6 Å². The smallest absolute Gasteiger partial charge is 0.251 e. The quantitative estimate of drug-likeness (QED) is 0.831. The van der Waals surface area contributed by atoms with E-state index in [1.807, 2.05) is 29.2 Å². The molecule has 2 aliphatic rings. The lowest BCUT2D eigenvalue weighted by Crippen LogP contribution is -2.46. The zero-order valence-electron chi connectivity index (χ0n) is 11.3. The number of nitrogens with zero attached hydrogens (tertiary/aromatic N) is 1. The summed E-state index contributed by atoms with van der Waals surface area (Å²) in [5.41, 5.74) is 1.10. The molecule has 0 N–H and O–H groups in total. The Morgan fingerprint density at radius 2 is 2.20 bits per heavy atom. The van der Waals surface area contributed by atoms with Crippen molar-refractivity contribution in [2.45, 2.75) is 25.0 Å². The molecule has 2 heterocycles. The predicted molar refractivity (Wildman–Crippen MR) is 78.4 cm³/mol. The maximum Gasteiger partial charge on any atom is 0.251 e. The number of ether oxygens (including phenoxy) is 2. The molecular formula is C15H18BrNO3. The Kier molecular flexibility index (Phi) is 4.38. The molecule has 1 amide bonds. The number of hydrogen-bond donors (Lipinski definition) is 0. The first-order valence-electron chi connectivity index (χ1n) is 7.01. The van der Waals surface area contributed by atoms with Gasteiger partial charge in [-0.25, -0.2) is 0 Å². The third-order valence-corrected chi connectivity index (χ3v) is 4.30. The lowest BCUT2D eigenvalue weighted by Gasteiger charge is -2.34. The Bertz CT molecular complexity index is 488. The van der Waals surface area contributed by atoms with Crippen molar-refractivity contribution in [2.75, 3.05) is 26.3 Å². The number of morpholine rings is 1. The van der Waals surface area contributed by atoms with Crippen molar-refractivity contribution in [3.8, 4) is 0 Å². The molecule has 2 aliphatic heterocycles. The van der Waals surface area contributed by atoms with Crippen LogP contribution in [-0.4, -0.2) is 43.2 Å². The van der Waals surface area contributed by atoms with Crippen LogP contribution in [0.2, 0.25) is 0 Å². The van der Waals surface area contributed by atoms with E-state index in [9.17, 15) is 4.79 Å². The van der Waals surface area contributed by atoms with Gasteiger partial charge in [-0.15, -0.1) is 0 Å². The van der Waals surface area contributed by atoms with Crippen LogP contribution < -0.4 is 0 Å². The summed E-state index contributed by atoms with van der Waals surface area (Å²) in [5, 5.41) is 0. The highest BCUT2D eigenvalue weighted by Crippen LogP contribution is 2.26. The van der Waals surface area contributed by atoms with Crippen LogP contribution in [0.1, 0.15) is 24.5 Å². The third-order valence-electron chi connectivity index (χ3n) is 3.80. The first-order valence-corrected chi connectivity index (χ1v) is 7.81. The van der Waals surface area contributed by atoms with Crippen molar-refractivity contribution in [1.29, 1.82) is 0 Å². The molecule has 2 fully saturated rings. The molecule has 3 rings (SSSR count). The fourth-order valence-corrected chi connectivity index (χ4v) is 3.15. The lowest BCUT2D eigenvalue weighted by molar-refractivity contribution is -0.148. The van der Waals surface area contributed by atoms with E-state index in [2.05, 4.69) is 15.9 Å².